The monoisotopic (exact) mass is 223 g/mol. The number of aryl methyl sites for hydroxylation is 1. The van der Waals surface area contributed by atoms with Crippen LogP contribution in [0.3, 0.4) is 0 Å². The molecule has 0 amide bonds. The second kappa shape index (κ2) is 2.81. The van der Waals surface area contributed by atoms with E-state index in [1.807, 2.05) is 6.92 Å². The molecule has 0 aliphatic carbocycles. The number of aromatic nitrogens is 1. The summed E-state index contributed by atoms with van der Waals surface area (Å²) in [5.74, 6) is 0.135. The Balaban J connectivity index is 2.32. The van der Waals surface area contributed by atoms with Crippen LogP contribution in [0.5, 0.6) is 11.5 Å². The second-order valence-corrected chi connectivity index (χ2v) is 3.55. The zero-order chi connectivity index (χ0) is 11.3. The van der Waals surface area contributed by atoms with Crippen LogP contribution in [-0.2, 0) is 0 Å². The van der Waals surface area contributed by atoms with E-state index < -0.39 is 6.29 Å². The zero-order valence-corrected chi connectivity index (χ0v) is 8.33. The minimum atomic E-state index is -3.58. The Kier molecular flexibility index (Phi) is 1.64. The van der Waals surface area contributed by atoms with Crippen molar-refractivity contribution >= 4 is 10.8 Å². The Morgan fingerprint density at radius 3 is 2.75 bits per heavy atom. The lowest BCUT2D eigenvalue weighted by Gasteiger charge is -2.05. The number of ether oxygens (including phenoxy) is 2. The minimum absolute atomic E-state index is 0.0584. The number of rotatable bonds is 0. The lowest BCUT2D eigenvalue weighted by atomic mass is 10.1. The van der Waals surface area contributed by atoms with Crippen molar-refractivity contribution in [3.8, 4) is 11.5 Å². The van der Waals surface area contributed by atoms with Gasteiger partial charge in [-0.25, -0.2) is 0 Å². The zero-order valence-electron chi connectivity index (χ0n) is 8.33. The molecule has 3 rings (SSSR count). The van der Waals surface area contributed by atoms with Crippen LogP contribution in [0.4, 0.5) is 8.78 Å². The van der Waals surface area contributed by atoms with Gasteiger partial charge in [0.25, 0.3) is 0 Å². The first-order chi connectivity index (χ1) is 7.57. The van der Waals surface area contributed by atoms with Crippen molar-refractivity contribution in [2.24, 2.45) is 0 Å². The smallest absolute Gasteiger partial charge is 0.395 e. The van der Waals surface area contributed by atoms with Crippen molar-refractivity contribution in [3.63, 3.8) is 0 Å². The van der Waals surface area contributed by atoms with E-state index in [9.17, 15) is 8.78 Å². The lowest BCUT2D eigenvalue weighted by molar-refractivity contribution is -0.286. The standard InChI is InChI=1S/C11H7F2NO2/c1-6-7-2-3-9-10(8(7)4-5-14-6)16-11(12,13)15-9/h2-5H,1H3. The molecule has 16 heavy (non-hydrogen) atoms. The molecular formula is C11H7F2NO2. The maximum absolute atomic E-state index is 12.9. The van der Waals surface area contributed by atoms with Gasteiger partial charge in [-0.1, -0.05) is 0 Å². The number of nitrogens with zero attached hydrogens (tertiary/aromatic N) is 1. The van der Waals surface area contributed by atoms with E-state index in [0.717, 1.165) is 11.1 Å². The van der Waals surface area contributed by atoms with Gasteiger partial charge in [0.05, 0.1) is 0 Å². The lowest BCUT2D eigenvalue weighted by Crippen LogP contribution is -2.26. The van der Waals surface area contributed by atoms with Crippen molar-refractivity contribution in [2.75, 3.05) is 0 Å². The summed E-state index contributed by atoms with van der Waals surface area (Å²) in [6.45, 7) is 1.81. The van der Waals surface area contributed by atoms with E-state index in [4.69, 9.17) is 0 Å². The average molecular weight is 223 g/mol. The molecule has 2 heterocycles. The summed E-state index contributed by atoms with van der Waals surface area (Å²) >= 11 is 0. The molecule has 1 aliphatic heterocycles. The van der Waals surface area contributed by atoms with Gasteiger partial charge in [-0.05, 0) is 25.1 Å². The molecule has 0 radical (unpaired) electrons. The maximum atomic E-state index is 12.9. The number of alkyl halides is 2. The molecule has 1 aromatic carbocycles. The van der Waals surface area contributed by atoms with Gasteiger partial charge in [-0.3, -0.25) is 4.98 Å². The van der Waals surface area contributed by atoms with Crippen LogP contribution in [0, 0.1) is 6.92 Å². The maximum Gasteiger partial charge on any atom is 0.586 e. The van der Waals surface area contributed by atoms with Crippen molar-refractivity contribution in [1.29, 1.82) is 0 Å². The van der Waals surface area contributed by atoms with Gasteiger partial charge in [-0.2, -0.15) is 0 Å². The Hall–Kier alpha value is -1.91. The molecule has 0 spiro atoms. The summed E-state index contributed by atoms with van der Waals surface area (Å²) in [4.78, 5) is 4.09. The molecule has 0 fully saturated rings. The second-order valence-electron chi connectivity index (χ2n) is 3.55. The fraction of sp³-hybridized carbons (Fsp3) is 0.182. The normalized spacial score (nSPS) is 16.7. The molecule has 0 bridgehead atoms. The van der Waals surface area contributed by atoms with E-state index in [0.29, 0.717) is 5.39 Å². The van der Waals surface area contributed by atoms with Gasteiger partial charge in [0, 0.05) is 22.7 Å². The topological polar surface area (TPSA) is 31.4 Å². The molecule has 5 heteroatoms. The van der Waals surface area contributed by atoms with E-state index in [1.165, 1.54) is 6.07 Å². The Morgan fingerprint density at radius 2 is 1.94 bits per heavy atom. The van der Waals surface area contributed by atoms with Crippen LogP contribution in [0.1, 0.15) is 5.69 Å². The number of benzene rings is 1. The predicted octanol–water partition coefficient (Wildman–Crippen LogP) is 2.86. The molecule has 82 valence electrons. The first-order valence-electron chi connectivity index (χ1n) is 4.71. The number of fused-ring (bicyclic) bond motifs is 3. The Morgan fingerprint density at radius 1 is 1.12 bits per heavy atom. The van der Waals surface area contributed by atoms with Crippen molar-refractivity contribution < 1.29 is 18.3 Å². The van der Waals surface area contributed by atoms with Crippen molar-refractivity contribution in [1.82, 2.24) is 4.98 Å². The summed E-state index contributed by atoms with van der Waals surface area (Å²) in [6.07, 6.45) is -2.02. The highest BCUT2D eigenvalue weighted by Gasteiger charge is 2.44. The number of hydrogen-bond donors (Lipinski definition) is 0. The molecule has 0 saturated heterocycles. The minimum Gasteiger partial charge on any atom is -0.395 e. The van der Waals surface area contributed by atoms with Crippen molar-refractivity contribution in [2.45, 2.75) is 13.2 Å². The van der Waals surface area contributed by atoms with Crippen LogP contribution in [-0.4, -0.2) is 11.3 Å². The molecule has 0 atom stereocenters. The van der Waals surface area contributed by atoms with Crippen LogP contribution in [0.2, 0.25) is 0 Å². The highest BCUT2D eigenvalue weighted by atomic mass is 19.3. The van der Waals surface area contributed by atoms with E-state index >= 15 is 0 Å². The third-order valence-electron chi connectivity index (χ3n) is 2.51. The predicted molar refractivity (Wildman–Crippen MR) is 52.7 cm³/mol. The summed E-state index contributed by atoms with van der Waals surface area (Å²) in [6, 6.07) is 4.79. The fourth-order valence-corrected chi connectivity index (χ4v) is 1.81. The molecule has 1 aromatic heterocycles. The van der Waals surface area contributed by atoms with Gasteiger partial charge in [0.1, 0.15) is 0 Å². The molecule has 0 N–H and O–H groups in total. The summed E-state index contributed by atoms with van der Waals surface area (Å²) in [5, 5.41) is 1.37. The van der Waals surface area contributed by atoms with Gasteiger partial charge in [0.2, 0.25) is 0 Å². The van der Waals surface area contributed by atoms with Crippen LogP contribution in [0.15, 0.2) is 24.4 Å². The molecule has 0 unspecified atom stereocenters. The first-order valence-corrected chi connectivity index (χ1v) is 4.71. The quantitative estimate of drug-likeness (QED) is 0.688. The SMILES string of the molecule is Cc1nccc2c3c(ccc12)OC(F)(F)O3. The van der Waals surface area contributed by atoms with Gasteiger partial charge >= 0.3 is 6.29 Å². The van der Waals surface area contributed by atoms with Crippen LogP contribution < -0.4 is 9.47 Å². The molecular weight excluding hydrogens is 216 g/mol. The highest BCUT2D eigenvalue weighted by molar-refractivity contribution is 5.92. The third kappa shape index (κ3) is 1.21. The number of halogens is 2. The molecule has 3 nitrogen and oxygen atoms in total. The van der Waals surface area contributed by atoms with Gasteiger partial charge in [-0.15, -0.1) is 8.78 Å². The Bertz CT molecular complexity index is 583. The Labute approximate surface area is 89.6 Å². The van der Waals surface area contributed by atoms with E-state index in [2.05, 4.69) is 14.5 Å². The third-order valence-corrected chi connectivity index (χ3v) is 2.51. The van der Waals surface area contributed by atoms with Gasteiger partial charge in [0.15, 0.2) is 11.5 Å². The summed E-state index contributed by atoms with van der Waals surface area (Å²) in [5.41, 5.74) is 0.763. The summed E-state index contributed by atoms with van der Waals surface area (Å²) < 4.78 is 34.7. The highest BCUT2D eigenvalue weighted by Crippen LogP contribution is 2.45. The number of hydrogen-bond acceptors (Lipinski definition) is 3. The number of pyridine rings is 1. The van der Waals surface area contributed by atoms with Gasteiger partial charge < -0.3 is 9.47 Å². The first kappa shape index (κ1) is 9.33. The largest absolute Gasteiger partial charge is 0.586 e. The van der Waals surface area contributed by atoms with E-state index in [-0.39, 0.29) is 11.5 Å². The molecule has 0 saturated carbocycles. The summed E-state index contributed by atoms with van der Waals surface area (Å²) in [7, 11) is 0. The molecule has 1 aliphatic rings. The average Bonchev–Trinajstić information content (AvgIpc) is 2.53. The van der Waals surface area contributed by atoms with Crippen LogP contribution >= 0.6 is 0 Å². The van der Waals surface area contributed by atoms with Crippen LogP contribution in [0.25, 0.3) is 10.8 Å². The molecule has 2 aromatic rings. The van der Waals surface area contributed by atoms with Crippen molar-refractivity contribution in [3.05, 3.63) is 30.1 Å². The fourth-order valence-electron chi connectivity index (χ4n) is 1.81. The van der Waals surface area contributed by atoms with E-state index in [1.54, 1.807) is 18.3 Å².